The van der Waals surface area contributed by atoms with E-state index in [-0.39, 0.29) is 28.8 Å². The Hall–Kier alpha value is -3.22. The van der Waals surface area contributed by atoms with Crippen LogP contribution in [-0.4, -0.2) is 61.0 Å². The van der Waals surface area contributed by atoms with Gasteiger partial charge in [0, 0.05) is 12.6 Å². The summed E-state index contributed by atoms with van der Waals surface area (Å²) in [5.74, 6) is -2.21. The molecule has 0 aliphatic heterocycles. The number of benzene rings is 2. The van der Waals surface area contributed by atoms with E-state index in [9.17, 15) is 27.2 Å². The van der Waals surface area contributed by atoms with Crippen molar-refractivity contribution in [2.75, 3.05) is 7.11 Å². The number of nitrogens with one attached hydrogen (secondary N) is 2. The number of carbonyl (C=O) groups is 3. The molecule has 2 aromatic rings. The first-order valence-electron chi connectivity index (χ1n) is 14.3. The maximum Gasteiger partial charge on any atom is 0.408 e. The molecule has 0 saturated heterocycles. The van der Waals surface area contributed by atoms with E-state index in [0.717, 1.165) is 0 Å². The summed E-state index contributed by atoms with van der Waals surface area (Å²) in [6.45, 7) is 8.11. The molecule has 2 amide bonds. The fraction of sp³-hybridized carbons (Fsp3) is 0.516. The van der Waals surface area contributed by atoms with Crippen molar-refractivity contribution < 1.29 is 36.7 Å². The normalized spacial score (nSPS) is 22.1. The molecule has 2 fully saturated rings. The number of amides is 2. The molecular weight excluding hydrogens is 613 g/mol. The van der Waals surface area contributed by atoms with Crippen LogP contribution in [0, 0.1) is 17.2 Å². The summed E-state index contributed by atoms with van der Waals surface area (Å²) in [6, 6.07) is 10.3. The second-order valence-electron chi connectivity index (χ2n) is 13.0. The average molecular weight is 652 g/mol. The standard InChI is InChI=1S/C31H39ClFN3O7S/c1-29(2,3)43-28(39)35-30(4,5)25(26(37)42-6)34-27(38)31-15-14-21(31)24(17-31)36(18-19-12-13-22(32)23(33)16-19)44(40,41)20-10-8-7-9-11-20/h7-13,16,21,24-25H,14-15,17-18H2,1-6H3,(H,34,38)(H,35,39)/t21?,24?,25-,31?/m0/s1. The van der Waals surface area contributed by atoms with E-state index >= 15 is 0 Å². The third-order valence-electron chi connectivity index (χ3n) is 8.40. The summed E-state index contributed by atoms with van der Waals surface area (Å²) in [5.41, 5.74) is -2.60. The Balaban J connectivity index is 1.58. The number of rotatable bonds is 10. The van der Waals surface area contributed by atoms with Gasteiger partial charge < -0.3 is 20.1 Å². The van der Waals surface area contributed by atoms with Crippen LogP contribution < -0.4 is 10.6 Å². The van der Waals surface area contributed by atoms with Gasteiger partial charge in [0.2, 0.25) is 15.9 Å². The van der Waals surface area contributed by atoms with Crippen LogP contribution >= 0.6 is 11.6 Å². The predicted octanol–water partition coefficient (Wildman–Crippen LogP) is 4.80. The Labute approximate surface area is 262 Å². The summed E-state index contributed by atoms with van der Waals surface area (Å²) >= 11 is 5.86. The van der Waals surface area contributed by atoms with Crippen molar-refractivity contribution in [3.05, 3.63) is 64.9 Å². The highest BCUT2D eigenvalue weighted by atomic mass is 35.5. The Morgan fingerprint density at radius 3 is 2.30 bits per heavy atom. The van der Waals surface area contributed by atoms with Crippen molar-refractivity contribution in [3.63, 3.8) is 0 Å². The lowest BCUT2D eigenvalue weighted by Gasteiger charge is -2.64. The van der Waals surface area contributed by atoms with Crippen molar-refractivity contribution >= 4 is 39.6 Å². The van der Waals surface area contributed by atoms with Crippen LogP contribution in [0.2, 0.25) is 5.02 Å². The van der Waals surface area contributed by atoms with Crippen LogP contribution in [0.15, 0.2) is 53.4 Å². The van der Waals surface area contributed by atoms with Gasteiger partial charge in [-0.15, -0.1) is 0 Å². The molecule has 10 nitrogen and oxygen atoms in total. The number of ether oxygens (including phenoxy) is 2. The third-order valence-corrected chi connectivity index (χ3v) is 10.6. The van der Waals surface area contributed by atoms with Gasteiger partial charge in [-0.1, -0.05) is 35.9 Å². The number of halogens is 2. The molecule has 4 rings (SSSR count). The number of nitrogens with zero attached hydrogens (tertiary/aromatic N) is 1. The van der Waals surface area contributed by atoms with E-state index in [2.05, 4.69) is 10.6 Å². The maximum absolute atomic E-state index is 14.3. The Morgan fingerprint density at radius 1 is 1.11 bits per heavy atom. The molecule has 13 heteroatoms. The SMILES string of the molecule is COC(=O)[C@H](NC(=O)C12CCC1C(N(Cc1ccc(Cl)c(F)c1)S(=O)(=O)c1ccccc1)C2)C(C)(C)NC(=O)OC(C)(C)C. The van der Waals surface area contributed by atoms with Crippen molar-refractivity contribution in [2.24, 2.45) is 11.3 Å². The first-order valence-corrected chi connectivity index (χ1v) is 16.1. The number of methoxy groups -OCH3 is 1. The third kappa shape index (κ3) is 6.72. The first kappa shape index (κ1) is 33.7. The van der Waals surface area contributed by atoms with E-state index in [1.165, 1.54) is 35.7 Å². The quantitative estimate of drug-likeness (QED) is 0.353. The molecule has 2 N–H and O–H groups in total. The van der Waals surface area contributed by atoms with E-state index in [1.54, 1.807) is 58.9 Å². The molecule has 4 atom stereocenters. The maximum atomic E-state index is 14.3. The van der Waals surface area contributed by atoms with Gasteiger partial charge in [0.25, 0.3) is 0 Å². The largest absolute Gasteiger partial charge is 0.467 e. The van der Waals surface area contributed by atoms with E-state index in [0.29, 0.717) is 18.4 Å². The van der Waals surface area contributed by atoms with Crippen molar-refractivity contribution in [2.45, 2.75) is 88.5 Å². The number of esters is 1. The van der Waals surface area contributed by atoms with Crippen LogP contribution in [0.25, 0.3) is 0 Å². The minimum Gasteiger partial charge on any atom is -0.467 e. The first-order chi connectivity index (χ1) is 20.4. The highest BCUT2D eigenvalue weighted by Crippen LogP contribution is 2.63. The van der Waals surface area contributed by atoms with Gasteiger partial charge in [-0.25, -0.2) is 22.4 Å². The molecule has 2 aromatic carbocycles. The second kappa shape index (κ2) is 12.3. The highest BCUT2D eigenvalue weighted by Gasteiger charge is 2.67. The fourth-order valence-electron chi connectivity index (χ4n) is 6.00. The lowest BCUT2D eigenvalue weighted by atomic mass is 9.44. The molecule has 0 bridgehead atoms. The van der Waals surface area contributed by atoms with Crippen LogP contribution in [0.5, 0.6) is 0 Å². The summed E-state index contributed by atoms with van der Waals surface area (Å²) in [7, 11) is -2.86. The number of sulfonamides is 1. The number of hydrogen-bond donors (Lipinski definition) is 2. The zero-order valence-corrected chi connectivity index (χ0v) is 27.2. The summed E-state index contributed by atoms with van der Waals surface area (Å²) in [6.07, 6.45) is 0.493. The van der Waals surface area contributed by atoms with E-state index in [1.807, 2.05) is 0 Å². The lowest BCUT2D eigenvalue weighted by molar-refractivity contribution is -0.175. The molecule has 0 radical (unpaired) electrons. The number of hydrogen-bond acceptors (Lipinski definition) is 7. The molecule has 0 aromatic heterocycles. The van der Waals surface area contributed by atoms with Crippen LogP contribution in [0.1, 0.15) is 59.4 Å². The fourth-order valence-corrected chi connectivity index (χ4v) is 7.78. The molecular formula is C31H39ClFN3O7S. The second-order valence-corrected chi connectivity index (χ2v) is 15.3. The minimum absolute atomic E-state index is 0.0752. The van der Waals surface area contributed by atoms with Crippen LogP contribution in [0.4, 0.5) is 9.18 Å². The van der Waals surface area contributed by atoms with E-state index in [4.69, 9.17) is 21.1 Å². The average Bonchev–Trinajstić information content (AvgIpc) is 2.92. The number of alkyl carbamates (subject to hydrolysis) is 1. The lowest BCUT2D eigenvalue weighted by Crippen LogP contribution is -2.72. The zero-order chi connectivity index (χ0) is 32.7. The van der Waals surface area contributed by atoms with Crippen molar-refractivity contribution in [1.29, 1.82) is 0 Å². The molecule has 0 heterocycles. The molecule has 240 valence electrons. The van der Waals surface area contributed by atoms with Gasteiger partial charge in [0.1, 0.15) is 17.5 Å². The summed E-state index contributed by atoms with van der Waals surface area (Å²) < 4.78 is 53.7. The minimum atomic E-state index is -4.04. The van der Waals surface area contributed by atoms with Crippen molar-refractivity contribution in [1.82, 2.24) is 14.9 Å². The Kier molecular flexibility index (Phi) is 9.40. The molecule has 2 aliphatic rings. The smallest absolute Gasteiger partial charge is 0.408 e. The van der Waals surface area contributed by atoms with Gasteiger partial charge in [0.05, 0.1) is 28.0 Å². The Morgan fingerprint density at radius 2 is 1.77 bits per heavy atom. The van der Waals surface area contributed by atoms with Crippen LogP contribution in [0.3, 0.4) is 0 Å². The predicted molar refractivity (Wildman–Crippen MR) is 162 cm³/mol. The molecule has 2 aliphatic carbocycles. The van der Waals surface area contributed by atoms with Crippen molar-refractivity contribution in [3.8, 4) is 0 Å². The van der Waals surface area contributed by atoms with Gasteiger partial charge in [-0.3, -0.25) is 4.79 Å². The van der Waals surface area contributed by atoms with Gasteiger partial charge in [-0.2, -0.15) is 4.31 Å². The summed E-state index contributed by atoms with van der Waals surface area (Å²) in [5, 5.41) is 5.35. The zero-order valence-electron chi connectivity index (χ0n) is 25.6. The topological polar surface area (TPSA) is 131 Å². The highest BCUT2D eigenvalue weighted by molar-refractivity contribution is 7.89. The van der Waals surface area contributed by atoms with Gasteiger partial charge >= 0.3 is 12.1 Å². The van der Waals surface area contributed by atoms with Gasteiger partial charge in [-0.05, 0) is 89.6 Å². The molecule has 2 saturated carbocycles. The number of fused-ring (bicyclic) bond motifs is 1. The van der Waals surface area contributed by atoms with E-state index < -0.39 is 62.4 Å². The number of carbonyl (C=O) groups excluding carboxylic acids is 3. The van der Waals surface area contributed by atoms with Gasteiger partial charge in [0.15, 0.2) is 0 Å². The Bertz CT molecular complexity index is 1530. The monoisotopic (exact) mass is 651 g/mol. The molecule has 44 heavy (non-hydrogen) atoms. The summed E-state index contributed by atoms with van der Waals surface area (Å²) in [4.78, 5) is 39.3. The molecule has 0 spiro atoms. The molecule has 3 unspecified atom stereocenters. The van der Waals surface area contributed by atoms with Crippen LogP contribution in [-0.2, 0) is 35.6 Å².